The van der Waals surface area contributed by atoms with Crippen molar-refractivity contribution in [3.63, 3.8) is 0 Å². The van der Waals surface area contributed by atoms with Crippen LogP contribution in [-0.4, -0.2) is 10.9 Å². The Bertz CT molecular complexity index is 308. The molecule has 3 nitrogen and oxygen atoms in total. The fraction of sp³-hybridized carbons (Fsp3) is 0.222. The van der Waals surface area contributed by atoms with Crippen molar-refractivity contribution in [1.29, 1.82) is 0 Å². The molecule has 0 saturated heterocycles. The first kappa shape index (κ1) is 8.59. The lowest BCUT2D eigenvalue weighted by atomic mass is 10.0. The molecule has 0 aliphatic heterocycles. The average Bonchev–Trinajstić information content (AvgIpc) is 1.82. The zero-order valence-corrected chi connectivity index (χ0v) is 7.09. The smallest absolute Gasteiger partial charge is 0.163 e. The highest BCUT2D eigenvalue weighted by Crippen LogP contribution is 2.24. The number of hydrogen-bond donors (Lipinski definition) is 2. The van der Waals surface area contributed by atoms with E-state index >= 15 is 0 Å². The fourth-order valence-corrected chi connectivity index (χ4v) is 1.25. The van der Waals surface area contributed by atoms with Crippen LogP contribution in [0.25, 0.3) is 0 Å². The van der Waals surface area contributed by atoms with Crippen molar-refractivity contribution in [2.24, 2.45) is 0 Å². The summed E-state index contributed by atoms with van der Waals surface area (Å²) in [6.45, 7) is 3.16. The highest BCUT2D eigenvalue weighted by atomic mass is 16.3. The normalized spacial score (nSPS) is 9.83. The summed E-state index contributed by atoms with van der Waals surface area (Å²) >= 11 is 0. The Morgan fingerprint density at radius 3 is 2.50 bits per heavy atom. The maximum atomic E-state index is 11.0. The number of aryl methyl sites for hydroxylation is 1. The van der Waals surface area contributed by atoms with E-state index in [2.05, 4.69) is 0 Å². The van der Waals surface area contributed by atoms with Gasteiger partial charge in [0.05, 0.1) is 5.56 Å². The topological polar surface area (TPSA) is 63.3 Å². The molecule has 0 aliphatic rings. The van der Waals surface area contributed by atoms with Crippen LogP contribution in [0.1, 0.15) is 22.8 Å². The lowest BCUT2D eigenvalue weighted by Gasteiger charge is -2.05. The van der Waals surface area contributed by atoms with Crippen molar-refractivity contribution in [3.05, 3.63) is 23.3 Å². The van der Waals surface area contributed by atoms with E-state index in [1.807, 2.05) is 0 Å². The lowest BCUT2D eigenvalue weighted by Crippen LogP contribution is -1.98. The van der Waals surface area contributed by atoms with Crippen LogP contribution in [0.3, 0.4) is 0 Å². The Kier molecular flexibility index (Phi) is 2.04. The minimum absolute atomic E-state index is 0.0417. The molecule has 0 bridgehead atoms. The number of aromatic hydroxyl groups is 1. The van der Waals surface area contributed by atoms with Gasteiger partial charge in [-0.3, -0.25) is 4.79 Å². The second-order valence-corrected chi connectivity index (χ2v) is 2.79. The van der Waals surface area contributed by atoms with E-state index in [-0.39, 0.29) is 11.5 Å². The lowest BCUT2D eigenvalue weighted by molar-refractivity contribution is 0.101. The molecule has 0 spiro atoms. The first-order valence-corrected chi connectivity index (χ1v) is 3.62. The van der Waals surface area contributed by atoms with E-state index in [4.69, 9.17) is 5.73 Å². The summed E-state index contributed by atoms with van der Waals surface area (Å²) in [7, 11) is 0. The quantitative estimate of drug-likeness (QED) is 0.489. The van der Waals surface area contributed by atoms with Crippen LogP contribution in [0.15, 0.2) is 12.1 Å². The number of phenols is 1. The third-order valence-corrected chi connectivity index (χ3v) is 1.69. The summed E-state index contributed by atoms with van der Waals surface area (Å²) in [5.41, 5.74) is 6.98. The van der Waals surface area contributed by atoms with Crippen LogP contribution in [0.4, 0.5) is 5.69 Å². The Labute approximate surface area is 70.8 Å². The maximum Gasteiger partial charge on any atom is 0.163 e. The van der Waals surface area contributed by atoms with Gasteiger partial charge in [-0.25, -0.2) is 0 Å². The van der Waals surface area contributed by atoms with Crippen molar-refractivity contribution in [3.8, 4) is 5.75 Å². The van der Waals surface area contributed by atoms with Gasteiger partial charge in [0, 0.05) is 11.8 Å². The van der Waals surface area contributed by atoms with Crippen molar-refractivity contribution in [2.75, 3.05) is 5.73 Å². The van der Waals surface area contributed by atoms with Gasteiger partial charge in [-0.1, -0.05) is 0 Å². The first-order chi connectivity index (χ1) is 5.52. The van der Waals surface area contributed by atoms with E-state index in [0.717, 1.165) is 0 Å². The highest BCUT2D eigenvalue weighted by Gasteiger charge is 2.09. The molecule has 3 heteroatoms. The predicted molar refractivity (Wildman–Crippen MR) is 47.3 cm³/mol. The van der Waals surface area contributed by atoms with E-state index in [1.54, 1.807) is 13.0 Å². The van der Waals surface area contributed by atoms with Crippen LogP contribution >= 0.6 is 0 Å². The Morgan fingerprint density at radius 1 is 1.50 bits per heavy atom. The zero-order valence-electron chi connectivity index (χ0n) is 7.09. The predicted octanol–water partition coefficient (Wildman–Crippen LogP) is 1.49. The second kappa shape index (κ2) is 2.85. The van der Waals surface area contributed by atoms with Gasteiger partial charge < -0.3 is 10.8 Å². The van der Waals surface area contributed by atoms with Crippen LogP contribution < -0.4 is 5.73 Å². The molecule has 3 N–H and O–H groups in total. The molecule has 0 saturated carbocycles. The number of ketones is 1. The molecule has 1 aromatic rings. The number of phenolic OH excluding ortho intramolecular Hbond substituents is 1. The molecular weight excluding hydrogens is 154 g/mol. The van der Waals surface area contributed by atoms with E-state index in [1.165, 1.54) is 13.0 Å². The Morgan fingerprint density at radius 2 is 2.08 bits per heavy atom. The molecule has 0 heterocycles. The highest BCUT2D eigenvalue weighted by molar-refractivity contribution is 5.98. The number of anilines is 1. The number of benzene rings is 1. The van der Waals surface area contributed by atoms with Gasteiger partial charge in [0.15, 0.2) is 5.78 Å². The molecule has 0 unspecified atom stereocenters. The molecular formula is C9H11NO2. The first-order valence-electron chi connectivity index (χ1n) is 3.62. The van der Waals surface area contributed by atoms with Gasteiger partial charge >= 0.3 is 0 Å². The van der Waals surface area contributed by atoms with E-state index < -0.39 is 0 Å². The third-order valence-electron chi connectivity index (χ3n) is 1.69. The van der Waals surface area contributed by atoms with Gasteiger partial charge in [-0.2, -0.15) is 0 Å². The minimum Gasteiger partial charge on any atom is -0.507 e. The van der Waals surface area contributed by atoms with Crippen LogP contribution in [-0.2, 0) is 0 Å². The number of carbonyl (C=O) groups is 1. The Hall–Kier alpha value is -1.51. The molecule has 1 aromatic carbocycles. The third kappa shape index (κ3) is 1.39. The van der Waals surface area contributed by atoms with Gasteiger partial charge in [0.2, 0.25) is 0 Å². The zero-order chi connectivity index (χ0) is 9.30. The number of nitrogens with two attached hydrogens (primary N) is 1. The van der Waals surface area contributed by atoms with Crippen molar-refractivity contribution >= 4 is 11.5 Å². The largest absolute Gasteiger partial charge is 0.507 e. The summed E-state index contributed by atoms with van der Waals surface area (Å²) < 4.78 is 0. The molecule has 1 rings (SSSR count). The summed E-state index contributed by atoms with van der Waals surface area (Å²) in [4.78, 5) is 11.0. The minimum atomic E-state index is -0.148. The van der Waals surface area contributed by atoms with Crippen LogP contribution in [0, 0.1) is 6.92 Å². The van der Waals surface area contributed by atoms with Crippen molar-refractivity contribution < 1.29 is 9.90 Å². The Balaban J connectivity index is 3.38. The summed E-state index contributed by atoms with van der Waals surface area (Å²) in [6, 6.07) is 3.04. The molecule has 64 valence electrons. The van der Waals surface area contributed by atoms with Gasteiger partial charge in [0.1, 0.15) is 5.75 Å². The summed E-state index contributed by atoms with van der Waals surface area (Å²) in [5.74, 6) is -0.190. The number of nitrogen functional groups attached to an aromatic ring is 1. The fourth-order valence-electron chi connectivity index (χ4n) is 1.25. The van der Waals surface area contributed by atoms with Gasteiger partial charge in [-0.05, 0) is 25.5 Å². The maximum absolute atomic E-state index is 11.0. The van der Waals surface area contributed by atoms with Gasteiger partial charge in [0.25, 0.3) is 0 Å². The molecule has 0 radical (unpaired) electrons. The average molecular weight is 165 g/mol. The van der Waals surface area contributed by atoms with E-state index in [0.29, 0.717) is 16.8 Å². The number of Topliss-reactive ketones (excluding diaryl/α,β-unsaturated/α-hetero) is 1. The van der Waals surface area contributed by atoms with E-state index in [9.17, 15) is 9.90 Å². The van der Waals surface area contributed by atoms with Crippen molar-refractivity contribution in [1.82, 2.24) is 0 Å². The molecule has 0 aromatic heterocycles. The van der Waals surface area contributed by atoms with Crippen LogP contribution in [0.5, 0.6) is 5.75 Å². The SMILES string of the molecule is CC(=O)c1c(C)cc(N)cc1O. The monoisotopic (exact) mass is 165 g/mol. The molecule has 0 amide bonds. The molecule has 0 fully saturated rings. The number of rotatable bonds is 1. The summed E-state index contributed by atoms with van der Waals surface area (Å²) in [6.07, 6.45) is 0. The molecule has 0 atom stereocenters. The number of carbonyl (C=O) groups excluding carboxylic acids is 1. The summed E-state index contributed by atoms with van der Waals surface area (Å²) in [5, 5.41) is 9.34. The standard InChI is InChI=1S/C9H11NO2/c1-5-3-7(10)4-8(12)9(5)6(2)11/h3-4,12H,10H2,1-2H3. The van der Waals surface area contributed by atoms with Gasteiger partial charge in [-0.15, -0.1) is 0 Å². The molecule has 0 aliphatic carbocycles. The number of hydrogen-bond acceptors (Lipinski definition) is 3. The van der Waals surface area contributed by atoms with Crippen LogP contribution in [0.2, 0.25) is 0 Å². The molecule has 12 heavy (non-hydrogen) atoms. The second-order valence-electron chi connectivity index (χ2n) is 2.79. The van der Waals surface area contributed by atoms with Crippen molar-refractivity contribution in [2.45, 2.75) is 13.8 Å².